The number of methoxy groups -OCH3 is 1. The highest BCUT2D eigenvalue weighted by Crippen LogP contribution is 2.38. The van der Waals surface area contributed by atoms with Gasteiger partial charge in [0.25, 0.3) is 0 Å². The van der Waals surface area contributed by atoms with Gasteiger partial charge in [0.15, 0.2) is 12.1 Å². The molecule has 22 heavy (non-hydrogen) atoms. The smallest absolute Gasteiger partial charge is 0.338 e. The van der Waals surface area contributed by atoms with Crippen molar-refractivity contribution < 1.29 is 28.5 Å². The van der Waals surface area contributed by atoms with Crippen LogP contribution in [-0.2, 0) is 23.7 Å². The molecule has 0 N–H and O–H groups in total. The van der Waals surface area contributed by atoms with E-state index in [2.05, 4.69) is 0 Å². The van der Waals surface area contributed by atoms with Crippen molar-refractivity contribution in [2.75, 3.05) is 13.7 Å². The van der Waals surface area contributed by atoms with Crippen molar-refractivity contribution in [2.24, 2.45) is 0 Å². The molecule has 6 heteroatoms. The lowest BCUT2D eigenvalue weighted by atomic mass is 10.1. The number of carbonyl (C=O) groups is 1. The number of hydrogen-bond donors (Lipinski definition) is 0. The molecule has 2 fully saturated rings. The fraction of sp³-hybridized carbons (Fsp3) is 0.562. The van der Waals surface area contributed by atoms with Crippen LogP contribution in [0.5, 0.6) is 0 Å². The van der Waals surface area contributed by atoms with Gasteiger partial charge in [0, 0.05) is 7.11 Å². The second-order valence-corrected chi connectivity index (χ2v) is 5.81. The molecule has 0 unspecified atom stereocenters. The van der Waals surface area contributed by atoms with Crippen LogP contribution in [-0.4, -0.2) is 50.1 Å². The number of rotatable bonds is 4. The minimum absolute atomic E-state index is 0.0897. The van der Waals surface area contributed by atoms with Gasteiger partial charge < -0.3 is 23.7 Å². The number of fused-ring (bicyclic) bond motifs is 1. The summed E-state index contributed by atoms with van der Waals surface area (Å²) in [5.41, 5.74) is 0.503. The highest BCUT2D eigenvalue weighted by atomic mass is 16.8. The van der Waals surface area contributed by atoms with Crippen molar-refractivity contribution in [1.29, 1.82) is 0 Å². The van der Waals surface area contributed by atoms with Crippen LogP contribution in [0, 0.1) is 0 Å². The lowest BCUT2D eigenvalue weighted by molar-refractivity contribution is -0.220. The zero-order chi connectivity index (χ0) is 15.7. The lowest BCUT2D eigenvalue weighted by Crippen LogP contribution is -2.38. The van der Waals surface area contributed by atoms with Gasteiger partial charge in [-0.05, 0) is 26.0 Å². The molecule has 0 radical (unpaired) electrons. The molecule has 0 saturated carbocycles. The summed E-state index contributed by atoms with van der Waals surface area (Å²) in [6.07, 6.45) is -1.57. The molecular formula is C16H20O6. The van der Waals surface area contributed by atoms with Gasteiger partial charge in [-0.15, -0.1) is 0 Å². The molecule has 0 aromatic heterocycles. The molecule has 4 atom stereocenters. The third-order valence-electron chi connectivity index (χ3n) is 3.75. The van der Waals surface area contributed by atoms with Gasteiger partial charge in [-0.25, -0.2) is 4.79 Å². The highest BCUT2D eigenvalue weighted by molar-refractivity contribution is 5.89. The van der Waals surface area contributed by atoms with Crippen molar-refractivity contribution in [2.45, 2.75) is 44.2 Å². The second-order valence-electron chi connectivity index (χ2n) is 5.81. The molecule has 2 aliphatic heterocycles. The van der Waals surface area contributed by atoms with Crippen molar-refractivity contribution in [3.05, 3.63) is 35.9 Å². The van der Waals surface area contributed by atoms with E-state index in [-0.39, 0.29) is 18.8 Å². The Morgan fingerprint density at radius 3 is 2.64 bits per heavy atom. The van der Waals surface area contributed by atoms with Gasteiger partial charge in [0.05, 0.1) is 5.56 Å². The first-order valence-corrected chi connectivity index (χ1v) is 7.26. The number of carbonyl (C=O) groups excluding carboxylic acids is 1. The molecule has 0 aliphatic carbocycles. The first-order chi connectivity index (χ1) is 10.5. The van der Waals surface area contributed by atoms with Crippen molar-refractivity contribution in [1.82, 2.24) is 0 Å². The molecule has 1 aromatic rings. The van der Waals surface area contributed by atoms with E-state index in [1.54, 1.807) is 31.4 Å². The number of benzene rings is 1. The summed E-state index contributed by atoms with van der Waals surface area (Å²) < 4.78 is 28.0. The summed E-state index contributed by atoms with van der Waals surface area (Å²) in [4.78, 5) is 12.0. The molecule has 3 rings (SSSR count). The van der Waals surface area contributed by atoms with E-state index >= 15 is 0 Å². The first kappa shape index (κ1) is 15.4. The topological polar surface area (TPSA) is 63.2 Å². The average Bonchev–Trinajstić information content (AvgIpc) is 2.96. The average molecular weight is 308 g/mol. The van der Waals surface area contributed by atoms with Gasteiger partial charge in [-0.1, -0.05) is 18.2 Å². The van der Waals surface area contributed by atoms with E-state index in [0.29, 0.717) is 5.56 Å². The Labute approximate surface area is 129 Å². The molecule has 1 aromatic carbocycles. The summed E-state index contributed by atoms with van der Waals surface area (Å²) in [5, 5.41) is 0. The van der Waals surface area contributed by atoms with E-state index in [0.717, 1.165) is 0 Å². The van der Waals surface area contributed by atoms with Gasteiger partial charge in [0.2, 0.25) is 0 Å². The molecule has 0 amide bonds. The zero-order valence-corrected chi connectivity index (χ0v) is 12.9. The Morgan fingerprint density at radius 2 is 1.95 bits per heavy atom. The maximum absolute atomic E-state index is 12.0. The normalized spacial score (nSPS) is 32.7. The fourth-order valence-corrected chi connectivity index (χ4v) is 2.78. The Balaban J connectivity index is 1.59. The summed E-state index contributed by atoms with van der Waals surface area (Å²) in [6, 6.07) is 8.82. The van der Waals surface area contributed by atoms with Crippen LogP contribution in [0.3, 0.4) is 0 Å². The van der Waals surface area contributed by atoms with Crippen LogP contribution >= 0.6 is 0 Å². The standard InChI is InChI=1S/C16H20O6/c1-16(2)21-13-12(18-3)11(20-15(13)22-16)9-19-14(17)10-7-5-4-6-8-10/h4-8,11-13,15H,9H2,1-3H3/t11-,12+,13+,15+/m0/s1. The molecule has 0 bridgehead atoms. The largest absolute Gasteiger partial charge is 0.459 e. The SMILES string of the molecule is CO[C@H]1[C@H]2OC(C)(C)O[C@H]2O[C@H]1COC(=O)c1ccccc1. The highest BCUT2D eigenvalue weighted by Gasteiger charge is 2.55. The minimum Gasteiger partial charge on any atom is -0.459 e. The van der Waals surface area contributed by atoms with E-state index in [1.807, 2.05) is 19.9 Å². The predicted octanol–water partition coefficient (Wildman–Crippen LogP) is 1.73. The van der Waals surface area contributed by atoms with Gasteiger partial charge in [0.1, 0.15) is 24.9 Å². The van der Waals surface area contributed by atoms with Crippen LogP contribution in [0.1, 0.15) is 24.2 Å². The van der Waals surface area contributed by atoms with Crippen molar-refractivity contribution in [3.63, 3.8) is 0 Å². The molecule has 120 valence electrons. The monoisotopic (exact) mass is 308 g/mol. The Kier molecular flexibility index (Phi) is 4.18. The quantitative estimate of drug-likeness (QED) is 0.790. The van der Waals surface area contributed by atoms with E-state index < -0.39 is 24.2 Å². The zero-order valence-electron chi connectivity index (χ0n) is 12.9. The summed E-state index contributed by atoms with van der Waals surface area (Å²) >= 11 is 0. The van der Waals surface area contributed by atoms with E-state index in [1.165, 1.54) is 0 Å². The van der Waals surface area contributed by atoms with Gasteiger partial charge in [-0.3, -0.25) is 0 Å². The minimum atomic E-state index is -0.697. The van der Waals surface area contributed by atoms with Gasteiger partial charge in [-0.2, -0.15) is 0 Å². The predicted molar refractivity (Wildman–Crippen MR) is 76.2 cm³/mol. The maximum atomic E-state index is 12.0. The van der Waals surface area contributed by atoms with Gasteiger partial charge >= 0.3 is 5.97 Å². The van der Waals surface area contributed by atoms with Crippen LogP contribution in [0.25, 0.3) is 0 Å². The molecular weight excluding hydrogens is 288 g/mol. The number of ether oxygens (including phenoxy) is 5. The molecule has 0 spiro atoms. The summed E-state index contributed by atoms with van der Waals surface area (Å²) in [5.74, 6) is -1.09. The first-order valence-electron chi connectivity index (χ1n) is 7.26. The third kappa shape index (κ3) is 3.01. The van der Waals surface area contributed by atoms with Crippen molar-refractivity contribution in [3.8, 4) is 0 Å². The fourth-order valence-electron chi connectivity index (χ4n) is 2.78. The van der Waals surface area contributed by atoms with E-state index in [9.17, 15) is 4.79 Å². The lowest BCUT2D eigenvalue weighted by Gasteiger charge is -2.24. The summed E-state index contributed by atoms with van der Waals surface area (Å²) in [7, 11) is 1.58. The molecule has 2 aliphatic rings. The van der Waals surface area contributed by atoms with E-state index in [4.69, 9.17) is 23.7 Å². The number of esters is 1. The maximum Gasteiger partial charge on any atom is 0.338 e. The molecule has 2 saturated heterocycles. The van der Waals surface area contributed by atoms with Crippen LogP contribution in [0.15, 0.2) is 30.3 Å². The Morgan fingerprint density at radius 1 is 1.23 bits per heavy atom. The summed E-state index contributed by atoms with van der Waals surface area (Å²) in [6.45, 7) is 3.74. The third-order valence-corrected chi connectivity index (χ3v) is 3.75. The Bertz CT molecular complexity index is 529. The molecule has 6 nitrogen and oxygen atoms in total. The van der Waals surface area contributed by atoms with Crippen LogP contribution < -0.4 is 0 Å². The molecule has 2 heterocycles. The second kappa shape index (κ2) is 5.96. The van der Waals surface area contributed by atoms with Crippen LogP contribution in [0.2, 0.25) is 0 Å². The van der Waals surface area contributed by atoms with Crippen molar-refractivity contribution >= 4 is 5.97 Å². The Hall–Kier alpha value is -1.47. The van der Waals surface area contributed by atoms with Crippen LogP contribution in [0.4, 0.5) is 0 Å². The number of hydrogen-bond acceptors (Lipinski definition) is 6.